The number of rotatable bonds is 4. The fourth-order valence-electron chi connectivity index (χ4n) is 4.39. The van der Waals surface area contributed by atoms with Gasteiger partial charge in [-0.05, 0) is 49.7 Å². The third kappa shape index (κ3) is 3.68. The molecule has 1 aliphatic heterocycles. The van der Waals surface area contributed by atoms with E-state index >= 15 is 0 Å². The minimum absolute atomic E-state index is 0.581. The Morgan fingerprint density at radius 2 is 2.08 bits per heavy atom. The second kappa shape index (κ2) is 7.45. The number of nitrogens with one attached hydrogen (secondary N) is 1. The summed E-state index contributed by atoms with van der Waals surface area (Å²) < 4.78 is 5.48. The van der Waals surface area contributed by atoms with Crippen LogP contribution in [-0.2, 0) is 6.42 Å². The summed E-state index contributed by atoms with van der Waals surface area (Å²) in [5.74, 6) is 2.04. The van der Waals surface area contributed by atoms with Crippen LogP contribution in [0.15, 0.2) is 23.2 Å². The van der Waals surface area contributed by atoms with Crippen molar-refractivity contribution < 1.29 is 4.74 Å². The van der Waals surface area contributed by atoms with E-state index in [2.05, 4.69) is 40.3 Å². The zero-order valence-electron chi connectivity index (χ0n) is 15.4. The Morgan fingerprint density at radius 3 is 2.79 bits per heavy atom. The lowest BCUT2D eigenvalue weighted by Crippen LogP contribution is -2.41. The highest BCUT2D eigenvalue weighted by molar-refractivity contribution is 5.80. The van der Waals surface area contributed by atoms with E-state index in [0.717, 1.165) is 31.2 Å². The van der Waals surface area contributed by atoms with Gasteiger partial charge in [0.15, 0.2) is 5.96 Å². The molecular weight excluding hydrogens is 298 g/mol. The highest BCUT2D eigenvalue weighted by atomic mass is 16.5. The average molecular weight is 329 g/mol. The first kappa shape index (κ1) is 17.1. The zero-order chi connectivity index (χ0) is 17.0. The Labute approximate surface area is 146 Å². The van der Waals surface area contributed by atoms with Crippen LogP contribution >= 0.6 is 0 Å². The number of hydrogen-bond acceptors (Lipinski definition) is 2. The minimum Gasteiger partial charge on any atom is -0.496 e. The Kier molecular flexibility index (Phi) is 5.32. The van der Waals surface area contributed by atoms with Gasteiger partial charge in [-0.15, -0.1) is 0 Å². The van der Waals surface area contributed by atoms with Crippen molar-refractivity contribution in [1.29, 1.82) is 0 Å². The number of benzene rings is 1. The molecule has 132 valence electrons. The number of nitrogens with zero attached hydrogens (tertiary/aromatic N) is 2. The van der Waals surface area contributed by atoms with Crippen molar-refractivity contribution in [3.8, 4) is 5.75 Å². The molecule has 4 nitrogen and oxygen atoms in total. The predicted octanol–water partition coefficient (Wildman–Crippen LogP) is 3.39. The summed E-state index contributed by atoms with van der Waals surface area (Å²) in [6.07, 6.45) is 7.91. The van der Waals surface area contributed by atoms with Gasteiger partial charge in [0.25, 0.3) is 0 Å². The van der Waals surface area contributed by atoms with E-state index in [1.54, 1.807) is 7.11 Å². The third-order valence-electron chi connectivity index (χ3n) is 5.73. The zero-order valence-corrected chi connectivity index (χ0v) is 15.4. The van der Waals surface area contributed by atoms with Gasteiger partial charge in [0, 0.05) is 26.7 Å². The van der Waals surface area contributed by atoms with Crippen LogP contribution in [-0.4, -0.2) is 44.7 Å². The van der Waals surface area contributed by atoms with Crippen molar-refractivity contribution in [2.75, 3.05) is 33.8 Å². The van der Waals surface area contributed by atoms with Gasteiger partial charge in [0.1, 0.15) is 5.75 Å². The van der Waals surface area contributed by atoms with Crippen molar-refractivity contribution in [3.05, 3.63) is 29.3 Å². The number of likely N-dealkylation sites (tertiary alicyclic amines) is 1. The molecule has 2 fully saturated rings. The Morgan fingerprint density at radius 1 is 1.29 bits per heavy atom. The monoisotopic (exact) mass is 329 g/mol. The lowest BCUT2D eigenvalue weighted by molar-refractivity contribution is 0.309. The van der Waals surface area contributed by atoms with Gasteiger partial charge in [-0.2, -0.15) is 0 Å². The van der Waals surface area contributed by atoms with E-state index in [1.165, 1.54) is 49.8 Å². The molecule has 1 saturated heterocycles. The van der Waals surface area contributed by atoms with Crippen molar-refractivity contribution in [3.63, 3.8) is 0 Å². The molecule has 1 spiro atoms. The van der Waals surface area contributed by atoms with Gasteiger partial charge in [0.2, 0.25) is 0 Å². The Bertz CT molecular complexity index is 591. The van der Waals surface area contributed by atoms with Crippen molar-refractivity contribution in [1.82, 2.24) is 10.2 Å². The second-order valence-electron chi connectivity index (χ2n) is 7.42. The van der Waals surface area contributed by atoms with E-state index in [0.29, 0.717) is 5.41 Å². The first-order chi connectivity index (χ1) is 11.7. The van der Waals surface area contributed by atoms with Crippen LogP contribution in [0.1, 0.15) is 43.2 Å². The van der Waals surface area contributed by atoms with Crippen molar-refractivity contribution in [2.45, 2.75) is 45.4 Å². The molecule has 1 heterocycles. The summed E-state index contributed by atoms with van der Waals surface area (Å²) in [5.41, 5.74) is 3.12. The van der Waals surface area contributed by atoms with Gasteiger partial charge < -0.3 is 15.0 Å². The van der Waals surface area contributed by atoms with Crippen molar-refractivity contribution >= 4 is 5.96 Å². The van der Waals surface area contributed by atoms with Gasteiger partial charge in [0.05, 0.1) is 7.11 Å². The molecule has 24 heavy (non-hydrogen) atoms. The van der Waals surface area contributed by atoms with Crippen LogP contribution in [0, 0.1) is 12.3 Å². The summed E-state index contributed by atoms with van der Waals surface area (Å²) in [5, 5.41) is 3.56. The molecule has 2 aliphatic rings. The number of methoxy groups -OCH3 is 1. The molecule has 1 aromatic rings. The number of hydrogen-bond donors (Lipinski definition) is 1. The summed E-state index contributed by atoms with van der Waals surface area (Å²) in [4.78, 5) is 6.97. The van der Waals surface area contributed by atoms with Gasteiger partial charge >= 0.3 is 0 Å². The van der Waals surface area contributed by atoms with Crippen LogP contribution in [0.25, 0.3) is 0 Å². The topological polar surface area (TPSA) is 36.9 Å². The lowest BCUT2D eigenvalue weighted by Gasteiger charge is -2.26. The number of aliphatic imine (C=N–C) groups is 1. The van der Waals surface area contributed by atoms with Gasteiger partial charge in [-0.1, -0.05) is 30.5 Å². The quantitative estimate of drug-likeness (QED) is 0.679. The maximum Gasteiger partial charge on any atom is 0.193 e. The van der Waals surface area contributed by atoms with E-state index in [-0.39, 0.29) is 0 Å². The first-order valence-electron chi connectivity index (χ1n) is 9.25. The molecule has 1 N–H and O–H groups in total. The fourth-order valence-corrected chi connectivity index (χ4v) is 4.39. The highest BCUT2D eigenvalue weighted by Crippen LogP contribution is 2.45. The normalized spacial score (nSPS) is 20.0. The molecule has 0 bridgehead atoms. The van der Waals surface area contributed by atoms with Crippen LogP contribution in [0.3, 0.4) is 0 Å². The van der Waals surface area contributed by atoms with E-state index < -0.39 is 0 Å². The van der Waals surface area contributed by atoms with Crippen LogP contribution in [0.4, 0.5) is 0 Å². The van der Waals surface area contributed by atoms with Crippen LogP contribution in [0.2, 0.25) is 0 Å². The number of guanidine groups is 1. The minimum atomic E-state index is 0.581. The lowest BCUT2D eigenvalue weighted by atomic mass is 9.86. The van der Waals surface area contributed by atoms with Crippen molar-refractivity contribution in [2.24, 2.45) is 10.4 Å². The maximum atomic E-state index is 5.48. The van der Waals surface area contributed by atoms with Crippen LogP contribution in [0.5, 0.6) is 5.75 Å². The molecule has 0 amide bonds. The summed E-state index contributed by atoms with van der Waals surface area (Å²) in [6, 6.07) is 6.37. The fraction of sp³-hybridized carbons (Fsp3) is 0.650. The second-order valence-corrected chi connectivity index (χ2v) is 7.42. The summed E-state index contributed by atoms with van der Waals surface area (Å²) >= 11 is 0. The molecule has 0 unspecified atom stereocenters. The molecule has 4 heteroatoms. The average Bonchev–Trinajstić information content (AvgIpc) is 3.22. The van der Waals surface area contributed by atoms with E-state index in [1.807, 2.05) is 7.05 Å². The van der Waals surface area contributed by atoms with E-state index in [9.17, 15) is 0 Å². The van der Waals surface area contributed by atoms with Gasteiger partial charge in [-0.3, -0.25) is 4.99 Å². The number of aryl methyl sites for hydroxylation is 1. The molecule has 0 radical (unpaired) electrons. The summed E-state index contributed by atoms with van der Waals surface area (Å²) in [6.45, 7) is 5.34. The maximum absolute atomic E-state index is 5.48. The molecule has 0 atom stereocenters. The first-order valence-corrected chi connectivity index (χ1v) is 9.25. The van der Waals surface area contributed by atoms with E-state index in [4.69, 9.17) is 4.74 Å². The molecular formula is C20H31N3O. The highest BCUT2D eigenvalue weighted by Gasteiger charge is 2.40. The smallest absolute Gasteiger partial charge is 0.193 e. The Hall–Kier alpha value is -1.71. The molecule has 1 aliphatic carbocycles. The standard InChI is InChI=1S/C20H31N3O/c1-16-6-7-18(24-3)17(14-16)8-12-22-19(21-2)23-13-11-20(15-23)9-4-5-10-20/h6-7,14H,4-5,8-13,15H2,1-3H3,(H,21,22). The summed E-state index contributed by atoms with van der Waals surface area (Å²) in [7, 11) is 3.64. The molecule has 0 aromatic heterocycles. The predicted molar refractivity (Wildman–Crippen MR) is 99.9 cm³/mol. The number of ether oxygens (including phenoxy) is 1. The van der Waals surface area contributed by atoms with Crippen LogP contribution < -0.4 is 10.1 Å². The molecule has 3 rings (SSSR count). The Balaban J connectivity index is 1.55. The van der Waals surface area contributed by atoms with Gasteiger partial charge in [-0.25, -0.2) is 0 Å². The third-order valence-corrected chi connectivity index (χ3v) is 5.73. The SMILES string of the molecule is CN=C(NCCc1cc(C)ccc1OC)N1CCC2(CCCC2)C1. The largest absolute Gasteiger partial charge is 0.496 e. The molecule has 1 aromatic carbocycles. The molecule has 1 saturated carbocycles.